The first-order chi connectivity index (χ1) is 8.86. The maximum atomic E-state index is 12.5. The van der Waals surface area contributed by atoms with E-state index >= 15 is 0 Å². The van der Waals surface area contributed by atoms with Crippen LogP contribution in [0.2, 0.25) is 0 Å². The Kier molecular flexibility index (Phi) is 2.94. The molecule has 3 rings (SSSR count). The summed E-state index contributed by atoms with van der Waals surface area (Å²) in [5.41, 5.74) is 1.83. The molecule has 1 amide bonds. The normalized spacial score (nSPS) is 21.8. The van der Waals surface area contributed by atoms with E-state index < -0.39 is 0 Å². The lowest BCUT2D eigenvalue weighted by Gasteiger charge is -2.22. The maximum Gasteiger partial charge on any atom is 0.236 e. The van der Waals surface area contributed by atoms with Crippen molar-refractivity contribution in [2.24, 2.45) is 10.9 Å². The number of fused-ring (bicyclic) bond motifs is 1. The van der Waals surface area contributed by atoms with Crippen molar-refractivity contribution >= 4 is 17.8 Å². The largest absolute Gasteiger partial charge is 0.381 e. The van der Waals surface area contributed by atoms with Gasteiger partial charge < -0.3 is 4.74 Å². The molecule has 1 aromatic carbocycles. The molecule has 4 nitrogen and oxygen atoms in total. The third kappa shape index (κ3) is 1.95. The van der Waals surface area contributed by atoms with E-state index in [9.17, 15) is 4.79 Å². The van der Waals surface area contributed by atoms with Crippen LogP contribution in [-0.4, -0.2) is 25.3 Å². The van der Waals surface area contributed by atoms with E-state index in [0.29, 0.717) is 13.2 Å². The van der Waals surface area contributed by atoms with Crippen molar-refractivity contribution < 1.29 is 9.53 Å². The van der Waals surface area contributed by atoms with Crippen LogP contribution in [0.1, 0.15) is 12.0 Å². The van der Waals surface area contributed by atoms with Crippen LogP contribution in [-0.2, 0) is 9.53 Å². The van der Waals surface area contributed by atoms with Crippen LogP contribution >= 0.6 is 0 Å². The Bertz CT molecular complexity index is 516. The molecule has 0 radical (unpaired) electrons. The molecular formula is C14H14N2O2. The van der Waals surface area contributed by atoms with Crippen molar-refractivity contribution in [2.45, 2.75) is 6.42 Å². The van der Waals surface area contributed by atoms with Crippen LogP contribution in [0.4, 0.5) is 5.69 Å². The summed E-state index contributed by atoms with van der Waals surface area (Å²) < 4.78 is 5.29. The summed E-state index contributed by atoms with van der Waals surface area (Å²) in [6.07, 6.45) is 5.94. The lowest BCUT2D eigenvalue weighted by Crippen LogP contribution is -2.32. The lowest BCUT2D eigenvalue weighted by molar-refractivity contribution is -0.121. The van der Waals surface area contributed by atoms with Crippen molar-refractivity contribution in [3.63, 3.8) is 0 Å². The number of amides is 1. The molecule has 0 N–H and O–H groups in total. The highest BCUT2D eigenvalue weighted by atomic mass is 16.5. The molecule has 0 saturated carbocycles. The third-order valence-electron chi connectivity index (χ3n) is 3.23. The monoisotopic (exact) mass is 242 g/mol. The highest BCUT2D eigenvalue weighted by Crippen LogP contribution is 2.25. The summed E-state index contributed by atoms with van der Waals surface area (Å²) >= 11 is 0. The topological polar surface area (TPSA) is 41.9 Å². The van der Waals surface area contributed by atoms with Gasteiger partial charge in [0.05, 0.1) is 18.2 Å². The van der Waals surface area contributed by atoms with E-state index in [1.54, 1.807) is 23.5 Å². The number of nitrogens with zero attached hydrogens (tertiary/aromatic N) is 2. The average Bonchev–Trinajstić information content (AvgIpc) is 2.85. The van der Waals surface area contributed by atoms with Crippen molar-refractivity contribution in [1.82, 2.24) is 0 Å². The van der Waals surface area contributed by atoms with Crippen LogP contribution in [0.3, 0.4) is 0 Å². The van der Waals surface area contributed by atoms with Crippen LogP contribution < -0.4 is 4.90 Å². The standard InChI is InChI=1S/C14H14N2O2/c17-14(12-5-8-18-10-12)16-7-6-15-9-11-3-1-2-4-13(11)16/h1-4,6-7,9,12H,5,8,10H2. The summed E-state index contributed by atoms with van der Waals surface area (Å²) in [4.78, 5) is 18.3. The fourth-order valence-electron chi connectivity index (χ4n) is 2.24. The van der Waals surface area contributed by atoms with E-state index in [1.807, 2.05) is 24.3 Å². The second-order valence-electron chi connectivity index (χ2n) is 4.40. The third-order valence-corrected chi connectivity index (χ3v) is 3.23. The molecule has 1 atom stereocenters. The van der Waals surface area contributed by atoms with Gasteiger partial charge in [0.15, 0.2) is 0 Å². The quantitative estimate of drug-likeness (QED) is 0.755. The molecule has 0 bridgehead atoms. The van der Waals surface area contributed by atoms with Gasteiger partial charge in [-0.05, 0) is 12.5 Å². The Labute approximate surface area is 106 Å². The summed E-state index contributed by atoms with van der Waals surface area (Å²) in [6, 6.07) is 7.76. The van der Waals surface area contributed by atoms with Crippen molar-refractivity contribution in [2.75, 3.05) is 18.1 Å². The van der Waals surface area contributed by atoms with Gasteiger partial charge in [0.25, 0.3) is 0 Å². The van der Waals surface area contributed by atoms with Crippen LogP contribution in [0.15, 0.2) is 41.7 Å². The zero-order chi connectivity index (χ0) is 12.4. The Morgan fingerprint density at radius 3 is 3.11 bits per heavy atom. The SMILES string of the molecule is O=C(C1CCOC1)N1C=CN=Cc2ccccc21. The molecule has 1 aromatic rings. The van der Waals surface area contributed by atoms with Crippen molar-refractivity contribution in [3.05, 3.63) is 42.2 Å². The number of aliphatic imine (C=N–C) groups is 1. The minimum atomic E-state index is -0.0409. The second-order valence-corrected chi connectivity index (χ2v) is 4.40. The number of hydrogen-bond donors (Lipinski definition) is 0. The van der Waals surface area contributed by atoms with Gasteiger partial charge in [-0.3, -0.25) is 14.7 Å². The average molecular weight is 242 g/mol. The number of carbonyl (C=O) groups is 1. The first-order valence-corrected chi connectivity index (χ1v) is 6.06. The second kappa shape index (κ2) is 4.74. The van der Waals surface area contributed by atoms with Crippen LogP contribution in [0.5, 0.6) is 0 Å². The number of ether oxygens (including phenoxy) is 1. The summed E-state index contributed by atoms with van der Waals surface area (Å²) in [5.74, 6) is 0.0440. The molecular weight excluding hydrogens is 228 g/mol. The zero-order valence-electron chi connectivity index (χ0n) is 9.95. The number of hydrogen-bond acceptors (Lipinski definition) is 3. The van der Waals surface area contributed by atoms with Gasteiger partial charge >= 0.3 is 0 Å². The molecule has 0 aliphatic carbocycles. The zero-order valence-corrected chi connectivity index (χ0v) is 9.95. The summed E-state index contributed by atoms with van der Waals surface area (Å²) in [5, 5.41) is 0. The van der Waals surface area contributed by atoms with Gasteiger partial charge in [-0.15, -0.1) is 0 Å². The molecule has 18 heavy (non-hydrogen) atoms. The highest BCUT2D eigenvalue weighted by Gasteiger charge is 2.28. The molecule has 0 spiro atoms. The van der Waals surface area contributed by atoms with Crippen LogP contribution in [0.25, 0.3) is 0 Å². The van der Waals surface area contributed by atoms with Crippen molar-refractivity contribution in [1.29, 1.82) is 0 Å². The molecule has 2 heterocycles. The number of para-hydroxylation sites is 1. The first-order valence-electron chi connectivity index (χ1n) is 6.06. The van der Waals surface area contributed by atoms with E-state index in [0.717, 1.165) is 17.7 Å². The van der Waals surface area contributed by atoms with Gasteiger partial charge in [-0.25, -0.2) is 0 Å². The van der Waals surface area contributed by atoms with Gasteiger partial charge in [0, 0.05) is 30.8 Å². The molecule has 1 fully saturated rings. The van der Waals surface area contributed by atoms with Gasteiger partial charge in [0.2, 0.25) is 5.91 Å². The molecule has 0 aromatic heterocycles. The fraction of sp³-hybridized carbons (Fsp3) is 0.286. The van der Waals surface area contributed by atoms with Crippen LogP contribution in [0, 0.1) is 5.92 Å². The molecule has 1 saturated heterocycles. The number of rotatable bonds is 1. The Morgan fingerprint density at radius 2 is 2.28 bits per heavy atom. The minimum absolute atomic E-state index is 0.0409. The lowest BCUT2D eigenvalue weighted by atomic mass is 10.1. The van der Waals surface area contributed by atoms with Gasteiger partial charge in [-0.1, -0.05) is 18.2 Å². The minimum Gasteiger partial charge on any atom is -0.381 e. The van der Waals surface area contributed by atoms with Gasteiger partial charge in [-0.2, -0.15) is 0 Å². The number of anilines is 1. The highest BCUT2D eigenvalue weighted by molar-refractivity contribution is 6.02. The maximum absolute atomic E-state index is 12.5. The van der Waals surface area contributed by atoms with E-state index in [4.69, 9.17) is 4.74 Å². The van der Waals surface area contributed by atoms with E-state index in [-0.39, 0.29) is 11.8 Å². The molecule has 4 heteroatoms. The van der Waals surface area contributed by atoms with E-state index in [2.05, 4.69) is 4.99 Å². The van der Waals surface area contributed by atoms with E-state index in [1.165, 1.54) is 0 Å². The Morgan fingerprint density at radius 1 is 1.39 bits per heavy atom. The molecule has 2 aliphatic heterocycles. The summed E-state index contributed by atoms with van der Waals surface area (Å²) in [6.45, 7) is 1.19. The molecule has 2 aliphatic rings. The Hall–Kier alpha value is -1.94. The first kappa shape index (κ1) is 11.2. The smallest absolute Gasteiger partial charge is 0.236 e. The molecule has 1 unspecified atom stereocenters. The Balaban J connectivity index is 1.95. The van der Waals surface area contributed by atoms with Crippen molar-refractivity contribution in [3.8, 4) is 0 Å². The molecule has 92 valence electrons. The van der Waals surface area contributed by atoms with Gasteiger partial charge in [0.1, 0.15) is 0 Å². The fourth-order valence-corrected chi connectivity index (χ4v) is 2.24. The summed E-state index contributed by atoms with van der Waals surface area (Å²) in [7, 11) is 0. The number of benzene rings is 1. The number of carbonyl (C=O) groups excluding carboxylic acids is 1. The predicted octanol–water partition coefficient (Wildman–Crippen LogP) is 1.96. The predicted molar refractivity (Wildman–Crippen MR) is 69.6 cm³/mol.